The maximum absolute atomic E-state index is 12.3. The maximum Gasteiger partial charge on any atom is 0.260 e. The first-order chi connectivity index (χ1) is 8.60. The minimum Gasteiger partial charge on any atom is -0.334 e. The summed E-state index contributed by atoms with van der Waals surface area (Å²) in [5, 5.41) is 0.0830. The number of halogens is 1. The third kappa shape index (κ3) is 4.03. The van der Waals surface area contributed by atoms with Crippen molar-refractivity contribution in [1.29, 1.82) is 0 Å². The molecule has 0 aliphatic heterocycles. The average Bonchev–Trinajstić information content (AvgIpc) is 2.60. The fourth-order valence-electron chi connectivity index (χ4n) is 1.56. The van der Waals surface area contributed by atoms with E-state index in [9.17, 15) is 8.42 Å². The zero-order valence-corrected chi connectivity index (χ0v) is 14.5. The van der Waals surface area contributed by atoms with E-state index in [0.29, 0.717) is 5.82 Å². The van der Waals surface area contributed by atoms with Gasteiger partial charge in [-0.3, -0.25) is 0 Å². The molecule has 0 aromatic carbocycles. The van der Waals surface area contributed by atoms with Crippen molar-refractivity contribution in [1.82, 2.24) is 14.3 Å². The molecule has 19 heavy (non-hydrogen) atoms. The largest absolute Gasteiger partial charge is 0.334 e. The lowest BCUT2D eigenvalue weighted by atomic mass is 10.0. The molecule has 1 aromatic rings. The molecule has 5 nitrogen and oxygen atoms in total. The van der Waals surface area contributed by atoms with Crippen molar-refractivity contribution in [3.63, 3.8) is 0 Å². The predicted octanol–water partition coefficient (Wildman–Crippen LogP) is 2.44. The van der Waals surface area contributed by atoms with Crippen molar-refractivity contribution in [2.45, 2.75) is 63.0 Å². The van der Waals surface area contributed by atoms with Gasteiger partial charge < -0.3 is 4.57 Å². The zero-order chi connectivity index (χ0) is 14.8. The Morgan fingerprint density at radius 2 is 2.11 bits per heavy atom. The summed E-state index contributed by atoms with van der Waals surface area (Å²) in [5.41, 5.74) is -0.582. The second kappa shape index (κ2) is 5.93. The maximum atomic E-state index is 12.3. The monoisotopic (exact) mass is 351 g/mol. The standard InChI is InChI=1S/C12H22BrN3O2S/c1-6-7-16-8-11(14-10(16)3)19(17,18)15-12(4,5)9(2)13/h8-9,15H,6-7H2,1-5H3. The van der Waals surface area contributed by atoms with Crippen LogP contribution in [0.5, 0.6) is 0 Å². The molecular formula is C12H22BrN3O2S. The van der Waals surface area contributed by atoms with Gasteiger partial charge in [0, 0.05) is 23.1 Å². The van der Waals surface area contributed by atoms with Crippen molar-refractivity contribution in [2.75, 3.05) is 0 Å². The van der Waals surface area contributed by atoms with Gasteiger partial charge in [-0.2, -0.15) is 0 Å². The molecule has 0 radical (unpaired) electrons. The van der Waals surface area contributed by atoms with Gasteiger partial charge in [0.05, 0.1) is 0 Å². The van der Waals surface area contributed by atoms with Crippen LogP contribution in [0.1, 0.15) is 39.9 Å². The fraction of sp³-hybridized carbons (Fsp3) is 0.750. The van der Waals surface area contributed by atoms with E-state index in [0.717, 1.165) is 13.0 Å². The summed E-state index contributed by atoms with van der Waals surface area (Å²) in [6, 6.07) is 0. The first-order valence-electron chi connectivity index (χ1n) is 6.32. The van der Waals surface area contributed by atoms with Crippen LogP contribution in [0, 0.1) is 6.92 Å². The molecule has 0 saturated carbocycles. The molecule has 1 rings (SSSR count). The fourth-order valence-corrected chi connectivity index (χ4v) is 3.31. The van der Waals surface area contributed by atoms with E-state index < -0.39 is 15.6 Å². The zero-order valence-electron chi connectivity index (χ0n) is 12.1. The number of alkyl halides is 1. The van der Waals surface area contributed by atoms with Gasteiger partial charge in [-0.05, 0) is 27.2 Å². The van der Waals surface area contributed by atoms with Gasteiger partial charge in [0.1, 0.15) is 5.82 Å². The highest BCUT2D eigenvalue weighted by atomic mass is 79.9. The summed E-state index contributed by atoms with van der Waals surface area (Å²) in [6.07, 6.45) is 2.53. The highest BCUT2D eigenvalue weighted by Gasteiger charge is 2.31. The Bertz CT molecular complexity index is 535. The van der Waals surface area contributed by atoms with E-state index in [2.05, 4.69) is 25.6 Å². The summed E-state index contributed by atoms with van der Waals surface area (Å²) in [4.78, 5) is 4.15. The number of sulfonamides is 1. The van der Waals surface area contributed by atoms with Gasteiger partial charge in [0.25, 0.3) is 10.0 Å². The number of nitrogens with one attached hydrogen (secondary N) is 1. The van der Waals surface area contributed by atoms with E-state index in [1.165, 1.54) is 0 Å². The van der Waals surface area contributed by atoms with E-state index >= 15 is 0 Å². The number of aromatic nitrogens is 2. The summed E-state index contributed by atoms with van der Waals surface area (Å²) in [7, 11) is -3.59. The number of imidazole rings is 1. The molecule has 1 unspecified atom stereocenters. The Labute approximate surface area is 124 Å². The predicted molar refractivity (Wildman–Crippen MR) is 80.0 cm³/mol. The lowest BCUT2D eigenvalue weighted by molar-refractivity contribution is 0.452. The van der Waals surface area contributed by atoms with Crippen LogP contribution in [0.3, 0.4) is 0 Å². The molecule has 0 amide bonds. The molecule has 1 N–H and O–H groups in total. The molecule has 0 aliphatic rings. The third-order valence-electron chi connectivity index (χ3n) is 3.09. The molecule has 1 aromatic heterocycles. The molecule has 110 valence electrons. The van der Waals surface area contributed by atoms with Crippen molar-refractivity contribution in [2.24, 2.45) is 0 Å². The highest BCUT2D eigenvalue weighted by molar-refractivity contribution is 9.09. The Balaban J connectivity index is 3.04. The minimum atomic E-state index is -3.59. The van der Waals surface area contributed by atoms with Gasteiger partial charge in [-0.25, -0.2) is 18.1 Å². The van der Waals surface area contributed by atoms with Crippen molar-refractivity contribution < 1.29 is 8.42 Å². The molecule has 0 aliphatic carbocycles. The highest BCUT2D eigenvalue weighted by Crippen LogP contribution is 2.20. The van der Waals surface area contributed by atoms with E-state index in [1.807, 2.05) is 39.2 Å². The summed E-state index contributed by atoms with van der Waals surface area (Å²) in [6.45, 7) is 10.2. The molecule has 1 atom stereocenters. The van der Waals surface area contributed by atoms with Crippen molar-refractivity contribution in [3.05, 3.63) is 12.0 Å². The van der Waals surface area contributed by atoms with Crippen molar-refractivity contribution in [3.8, 4) is 0 Å². The van der Waals surface area contributed by atoms with Crippen LogP contribution in [-0.4, -0.2) is 28.3 Å². The quantitative estimate of drug-likeness (QED) is 0.800. The lowest BCUT2D eigenvalue weighted by Gasteiger charge is -2.28. The Morgan fingerprint density at radius 1 is 1.53 bits per heavy atom. The van der Waals surface area contributed by atoms with Gasteiger partial charge in [0.15, 0.2) is 5.03 Å². The van der Waals surface area contributed by atoms with Gasteiger partial charge in [-0.15, -0.1) is 0 Å². The molecular weight excluding hydrogens is 330 g/mol. The SMILES string of the molecule is CCCn1cc(S(=O)(=O)NC(C)(C)C(C)Br)nc1C. The second-order valence-electron chi connectivity index (χ2n) is 5.26. The second-order valence-corrected chi connectivity index (χ2v) is 8.27. The average molecular weight is 352 g/mol. The molecule has 0 bridgehead atoms. The van der Waals surface area contributed by atoms with E-state index in [-0.39, 0.29) is 9.85 Å². The Hall–Kier alpha value is -0.400. The van der Waals surface area contributed by atoms with Crippen LogP contribution in [-0.2, 0) is 16.6 Å². The number of aryl methyl sites for hydroxylation is 2. The number of rotatable bonds is 6. The minimum absolute atomic E-state index is 0.00796. The van der Waals surface area contributed by atoms with Gasteiger partial charge in [0.2, 0.25) is 0 Å². The van der Waals surface area contributed by atoms with Crippen molar-refractivity contribution >= 4 is 26.0 Å². The first-order valence-corrected chi connectivity index (χ1v) is 8.72. The van der Waals surface area contributed by atoms with Crippen LogP contribution >= 0.6 is 15.9 Å². The number of nitrogens with zero attached hydrogens (tertiary/aromatic N) is 2. The molecule has 0 fully saturated rings. The van der Waals surface area contributed by atoms with Gasteiger partial charge in [-0.1, -0.05) is 29.8 Å². The van der Waals surface area contributed by atoms with Crippen LogP contribution < -0.4 is 4.72 Å². The number of hydrogen-bond acceptors (Lipinski definition) is 3. The molecule has 1 heterocycles. The summed E-state index contributed by atoms with van der Waals surface area (Å²) < 4.78 is 29.2. The van der Waals surface area contributed by atoms with Gasteiger partial charge >= 0.3 is 0 Å². The van der Waals surface area contributed by atoms with Crippen LogP contribution in [0.15, 0.2) is 11.2 Å². The first kappa shape index (κ1) is 16.7. The normalized spacial score (nSPS) is 14.6. The summed E-state index contributed by atoms with van der Waals surface area (Å²) in [5.74, 6) is 0.715. The number of hydrogen-bond donors (Lipinski definition) is 1. The van der Waals surface area contributed by atoms with Crippen LogP contribution in [0.4, 0.5) is 0 Å². The Kier molecular flexibility index (Phi) is 5.20. The van der Waals surface area contributed by atoms with Crippen LogP contribution in [0.2, 0.25) is 0 Å². The topological polar surface area (TPSA) is 64.0 Å². The van der Waals surface area contributed by atoms with E-state index in [4.69, 9.17) is 0 Å². The molecule has 0 spiro atoms. The smallest absolute Gasteiger partial charge is 0.260 e. The van der Waals surface area contributed by atoms with E-state index in [1.54, 1.807) is 6.20 Å². The van der Waals surface area contributed by atoms with Crippen LogP contribution in [0.25, 0.3) is 0 Å². The summed E-state index contributed by atoms with van der Waals surface area (Å²) >= 11 is 3.41. The molecule has 7 heteroatoms. The lowest BCUT2D eigenvalue weighted by Crippen LogP contribution is -2.48. The Morgan fingerprint density at radius 3 is 2.58 bits per heavy atom. The molecule has 0 saturated heterocycles. The third-order valence-corrected chi connectivity index (χ3v) is 5.77.